The van der Waals surface area contributed by atoms with Gasteiger partial charge >= 0.3 is 0 Å². The first-order valence-electron chi connectivity index (χ1n) is 4.35. The van der Waals surface area contributed by atoms with Gasteiger partial charge in [0.05, 0.1) is 11.4 Å². The molecule has 0 saturated heterocycles. The Kier molecular flexibility index (Phi) is 2.19. The maximum Gasteiger partial charge on any atom is 0.0752 e. The summed E-state index contributed by atoms with van der Waals surface area (Å²) in [5.74, 6) is 0.500. The minimum Gasteiger partial charge on any atom is -0.240 e. The van der Waals surface area contributed by atoms with E-state index in [9.17, 15) is 0 Å². The molecule has 2 aromatic rings. The van der Waals surface area contributed by atoms with Crippen molar-refractivity contribution in [3.8, 4) is 5.69 Å². The highest BCUT2D eigenvalue weighted by Gasteiger charge is 2.04. The molecule has 0 aliphatic heterocycles. The first-order chi connectivity index (χ1) is 6.27. The minimum absolute atomic E-state index is 0.500. The van der Waals surface area contributed by atoms with Crippen LogP contribution in [0.2, 0.25) is 0 Å². The van der Waals surface area contributed by atoms with Gasteiger partial charge in [0, 0.05) is 11.6 Å². The molecule has 2 heterocycles. The highest BCUT2D eigenvalue weighted by Crippen LogP contribution is 2.15. The Balaban J connectivity index is 2.33. The molecular weight excluding hydrogens is 180 g/mol. The fraction of sp³-hybridized carbons (Fsp3) is 0.300. The first-order valence-corrected chi connectivity index (χ1v) is 5.30. The zero-order valence-electron chi connectivity index (χ0n) is 7.77. The van der Waals surface area contributed by atoms with E-state index in [1.54, 1.807) is 11.3 Å². The molecule has 0 atom stereocenters. The summed E-state index contributed by atoms with van der Waals surface area (Å²) < 4.78 is 1.92. The van der Waals surface area contributed by atoms with Crippen molar-refractivity contribution in [2.45, 2.75) is 19.8 Å². The second-order valence-corrected chi connectivity index (χ2v) is 4.10. The highest BCUT2D eigenvalue weighted by atomic mass is 32.1. The molecule has 0 unspecified atom stereocenters. The zero-order chi connectivity index (χ0) is 9.26. The molecule has 0 radical (unpaired) electrons. The maximum atomic E-state index is 4.48. The van der Waals surface area contributed by atoms with E-state index in [1.165, 1.54) is 0 Å². The molecule has 0 amide bonds. The van der Waals surface area contributed by atoms with E-state index < -0.39 is 0 Å². The number of hydrogen-bond acceptors (Lipinski definition) is 2. The molecular formula is C10H12N2S. The molecule has 0 aromatic carbocycles. The molecule has 0 spiro atoms. The number of thiophene rings is 1. The number of nitrogens with zero attached hydrogens (tertiary/aromatic N) is 2. The lowest BCUT2D eigenvalue weighted by Gasteiger charge is -1.98. The van der Waals surface area contributed by atoms with E-state index in [1.807, 2.05) is 10.9 Å². The standard InChI is InChI=1S/C10H12N2S/c1-8(2)10-3-5-12(11-10)9-4-6-13-7-9/h3-8H,1-2H3. The van der Waals surface area contributed by atoms with Crippen molar-refractivity contribution < 1.29 is 0 Å². The third-order valence-electron chi connectivity index (χ3n) is 1.97. The van der Waals surface area contributed by atoms with Crippen LogP contribution in [0.5, 0.6) is 0 Å². The first kappa shape index (κ1) is 8.51. The molecule has 0 N–H and O–H groups in total. The Hall–Kier alpha value is -1.09. The quantitative estimate of drug-likeness (QED) is 0.715. The molecule has 0 aliphatic carbocycles. The molecule has 0 saturated carbocycles. The molecule has 0 aliphatic rings. The summed E-state index contributed by atoms with van der Waals surface area (Å²) in [4.78, 5) is 0. The molecule has 0 fully saturated rings. The van der Waals surface area contributed by atoms with Gasteiger partial charge in [0.2, 0.25) is 0 Å². The third-order valence-corrected chi connectivity index (χ3v) is 2.64. The van der Waals surface area contributed by atoms with Gasteiger partial charge in [-0.25, -0.2) is 4.68 Å². The Bertz CT molecular complexity index is 373. The van der Waals surface area contributed by atoms with Crippen LogP contribution in [0.4, 0.5) is 0 Å². The van der Waals surface area contributed by atoms with Gasteiger partial charge in [-0.05, 0) is 23.4 Å². The van der Waals surface area contributed by atoms with E-state index in [-0.39, 0.29) is 0 Å². The van der Waals surface area contributed by atoms with Gasteiger partial charge in [-0.2, -0.15) is 16.4 Å². The van der Waals surface area contributed by atoms with E-state index >= 15 is 0 Å². The van der Waals surface area contributed by atoms with Crippen molar-refractivity contribution >= 4 is 11.3 Å². The van der Waals surface area contributed by atoms with Gasteiger partial charge < -0.3 is 0 Å². The Morgan fingerprint density at radius 1 is 1.38 bits per heavy atom. The summed E-state index contributed by atoms with van der Waals surface area (Å²) in [7, 11) is 0. The zero-order valence-corrected chi connectivity index (χ0v) is 8.58. The van der Waals surface area contributed by atoms with Crippen LogP contribution in [0.15, 0.2) is 29.1 Å². The van der Waals surface area contributed by atoms with Gasteiger partial charge in [0.1, 0.15) is 0 Å². The van der Waals surface area contributed by atoms with E-state index in [0.717, 1.165) is 11.4 Å². The van der Waals surface area contributed by atoms with E-state index in [0.29, 0.717) is 5.92 Å². The molecule has 2 rings (SSSR count). The molecule has 13 heavy (non-hydrogen) atoms. The van der Waals surface area contributed by atoms with Crippen LogP contribution in [0.1, 0.15) is 25.5 Å². The second kappa shape index (κ2) is 3.34. The summed E-state index contributed by atoms with van der Waals surface area (Å²) in [5, 5.41) is 8.63. The van der Waals surface area contributed by atoms with Crippen LogP contribution in [0.25, 0.3) is 5.69 Å². The van der Waals surface area contributed by atoms with Crippen LogP contribution in [0, 0.1) is 0 Å². The second-order valence-electron chi connectivity index (χ2n) is 3.32. The molecule has 68 valence electrons. The lowest BCUT2D eigenvalue weighted by molar-refractivity contribution is 0.769. The van der Waals surface area contributed by atoms with Crippen LogP contribution in [0.3, 0.4) is 0 Å². The van der Waals surface area contributed by atoms with Gasteiger partial charge in [0.25, 0.3) is 0 Å². The molecule has 0 bridgehead atoms. The van der Waals surface area contributed by atoms with Crippen molar-refractivity contribution in [1.29, 1.82) is 0 Å². The van der Waals surface area contributed by atoms with Crippen LogP contribution in [-0.4, -0.2) is 9.78 Å². The highest BCUT2D eigenvalue weighted by molar-refractivity contribution is 7.08. The third kappa shape index (κ3) is 1.65. The summed E-state index contributed by atoms with van der Waals surface area (Å²) in [6.45, 7) is 4.31. The summed E-state index contributed by atoms with van der Waals surface area (Å²) >= 11 is 1.69. The lowest BCUT2D eigenvalue weighted by Crippen LogP contribution is -1.95. The van der Waals surface area contributed by atoms with Gasteiger partial charge in [0.15, 0.2) is 0 Å². The molecule has 2 aromatic heterocycles. The van der Waals surface area contributed by atoms with Gasteiger partial charge in [-0.15, -0.1) is 0 Å². The van der Waals surface area contributed by atoms with Gasteiger partial charge in [-0.1, -0.05) is 13.8 Å². The fourth-order valence-corrected chi connectivity index (χ4v) is 1.80. The molecule has 2 nitrogen and oxygen atoms in total. The molecule has 3 heteroatoms. The topological polar surface area (TPSA) is 17.8 Å². The SMILES string of the molecule is CC(C)c1ccn(-c2ccsc2)n1. The van der Waals surface area contributed by atoms with Gasteiger partial charge in [-0.3, -0.25) is 0 Å². The van der Waals surface area contributed by atoms with Crippen molar-refractivity contribution in [3.63, 3.8) is 0 Å². The Morgan fingerprint density at radius 3 is 2.77 bits per heavy atom. The minimum atomic E-state index is 0.500. The average molecular weight is 192 g/mol. The van der Waals surface area contributed by atoms with E-state index in [4.69, 9.17) is 0 Å². The van der Waals surface area contributed by atoms with Crippen LogP contribution >= 0.6 is 11.3 Å². The van der Waals surface area contributed by atoms with Crippen molar-refractivity contribution in [2.75, 3.05) is 0 Å². The average Bonchev–Trinajstić information content (AvgIpc) is 2.75. The number of aromatic nitrogens is 2. The van der Waals surface area contributed by atoms with Crippen molar-refractivity contribution in [1.82, 2.24) is 9.78 Å². The fourth-order valence-electron chi connectivity index (χ4n) is 1.18. The van der Waals surface area contributed by atoms with Crippen molar-refractivity contribution in [3.05, 3.63) is 34.8 Å². The number of hydrogen-bond donors (Lipinski definition) is 0. The maximum absolute atomic E-state index is 4.48. The van der Waals surface area contributed by atoms with E-state index in [2.05, 4.69) is 41.8 Å². The van der Waals surface area contributed by atoms with Crippen molar-refractivity contribution in [2.24, 2.45) is 0 Å². The Morgan fingerprint density at radius 2 is 2.23 bits per heavy atom. The summed E-state index contributed by atoms with van der Waals surface area (Å²) in [5.41, 5.74) is 2.29. The Labute approximate surface area is 81.8 Å². The van der Waals surface area contributed by atoms with Crippen LogP contribution < -0.4 is 0 Å². The smallest absolute Gasteiger partial charge is 0.0752 e. The largest absolute Gasteiger partial charge is 0.240 e. The summed E-state index contributed by atoms with van der Waals surface area (Å²) in [6, 6.07) is 4.14. The predicted octanol–water partition coefficient (Wildman–Crippen LogP) is 3.06. The monoisotopic (exact) mass is 192 g/mol. The van der Waals surface area contributed by atoms with Crippen LogP contribution in [-0.2, 0) is 0 Å². The summed E-state index contributed by atoms with van der Waals surface area (Å²) in [6.07, 6.45) is 2.01. The predicted molar refractivity (Wildman–Crippen MR) is 55.5 cm³/mol. The normalized spacial score (nSPS) is 11.0. The number of rotatable bonds is 2. The lowest BCUT2D eigenvalue weighted by atomic mass is 10.1.